The second kappa shape index (κ2) is 7.83. The number of ether oxygens (including phenoxy) is 3. The van der Waals surface area contributed by atoms with Gasteiger partial charge in [0, 0.05) is 23.7 Å². The van der Waals surface area contributed by atoms with Gasteiger partial charge in [-0.1, -0.05) is 6.07 Å². The van der Waals surface area contributed by atoms with Crippen molar-refractivity contribution in [3.8, 4) is 11.5 Å². The fourth-order valence-corrected chi connectivity index (χ4v) is 3.01. The molecule has 26 heavy (non-hydrogen) atoms. The zero-order chi connectivity index (χ0) is 18.5. The molecular weight excluding hydrogens is 356 g/mol. The maximum Gasteiger partial charge on any atom is 0.331 e. The second-order valence-electron chi connectivity index (χ2n) is 5.20. The molecule has 0 aliphatic heterocycles. The lowest BCUT2D eigenvalue weighted by molar-refractivity contribution is -0.139. The van der Waals surface area contributed by atoms with Crippen LogP contribution in [0.4, 0.5) is 0 Å². The van der Waals surface area contributed by atoms with Gasteiger partial charge in [-0.2, -0.15) is 0 Å². The number of carbonyl (C=O) groups is 1. The minimum atomic E-state index is -0.534. The van der Waals surface area contributed by atoms with Crippen LogP contribution in [0.5, 0.6) is 11.5 Å². The molecule has 0 spiro atoms. The van der Waals surface area contributed by atoms with Crippen LogP contribution in [0, 0.1) is 0 Å². The number of nitrogens with zero attached hydrogens (tertiary/aromatic N) is 2. The first-order valence-electron chi connectivity index (χ1n) is 7.63. The monoisotopic (exact) mass is 372 g/mol. The summed E-state index contributed by atoms with van der Waals surface area (Å²) in [7, 11) is 3.09. The molecule has 0 N–H and O–H groups in total. The number of benzene rings is 1. The van der Waals surface area contributed by atoms with Crippen molar-refractivity contribution < 1.29 is 19.0 Å². The summed E-state index contributed by atoms with van der Waals surface area (Å²) in [6.07, 6.45) is 4.56. The van der Waals surface area contributed by atoms with E-state index in [0.29, 0.717) is 22.2 Å². The van der Waals surface area contributed by atoms with Crippen LogP contribution in [0.2, 0.25) is 0 Å². The molecule has 0 aliphatic rings. The van der Waals surface area contributed by atoms with Gasteiger partial charge in [-0.3, -0.25) is 9.20 Å². The molecular formula is C18H16N2O5S. The van der Waals surface area contributed by atoms with Crippen LogP contribution in [-0.4, -0.2) is 29.6 Å². The summed E-state index contributed by atoms with van der Waals surface area (Å²) in [5.41, 5.74) is 0.962. The number of aromatic nitrogens is 2. The van der Waals surface area contributed by atoms with Crippen molar-refractivity contribution in [1.29, 1.82) is 0 Å². The summed E-state index contributed by atoms with van der Waals surface area (Å²) in [6, 6.07) is 6.64. The number of thiazole rings is 1. The summed E-state index contributed by atoms with van der Waals surface area (Å²) < 4.78 is 17.0. The zero-order valence-electron chi connectivity index (χ0n) is 14.2. The molecule has 0 fully saturated rings. The Morgan fingerprint density at radius 2 is 2.04 bits per heavy atom. The van der Waals surface area contributed by atoms with Gasteiger partial charge >= 0.3 is 5.97 Å². The number of esters is 1. The molecule has 0 atom stereocenters. The van der Waals surface area contributed by atoms with E-state index in [1.165, 1.54) is 27.9 Å². The molecule has 0 bridgehead atoms. The molecule has 3 aromatic rings. The van der Waals surface area contributed by atoms with E-state index in [0.717, 1.165) is 5.56 Å². The number of hydrogen-bond donors (Lipinski definition) is 0. The Kier molecular flexibility index (Phi) is 5.33. The molecule has 1 aromatic carbocycles. The predicted octanol–water partition coefficient (Wildman–Crippen LogP) is 2.53. The largest absolute Gasteiger partial charge is 0.493 e. The van der Waals surface area contributed by atoms with Gasteiger partial charge in [0.2, 0.25) is 0 Å². The maximum absolute atomic E-state index is 11.9. The summed E-state index contributed by atoms with van der Waals surface area (Å²) in [5, 5.41) is 1.77. The fraction of sp³-hybridized carbons (Fsp3) is 0.167. The Morgan fingerprint density at radius 1 is 1.23 bits per heavy atom. The minimum Gasteiger partial charge on any atom is -0.493 e. The van der Waals surface area contributed by atoms with Crippen molar-refractivity contribution in [2.24, 2.45) is 0 Å². The van der Waals surface area contributed by atoms with Crippen molar-refractivity contribution in [3.63, 3.8) is 0 Å². The minimum absolute atomic E-state index is 0.0707. The Bertz CT molecular complexity index is 1020. The summed E-state index contributed by atoms with van der Waals surface area (Å²) in [5.74, 6) is 0.637. The van der Waals surface area contributed by atoms with Gasteiger partial charge < -0.3 is 14.2 Å². The summed E-state index contributed by atoms with van der Waals surface area (Å²) in [6.45, 7) is -0.0707. The second-order valence-corrected chi connectivity index (χ2v) is 6.07. The van der Waals surface area contributed by atoms with Crippen molar-refractivity contribution in [1.82, 2.24) is 9.38 Å². The highest BCUT2D eigenvalue weighted by atomic mass is 32.1. The van der Waals surface area contributed by atoms with E-state index in [1.807, 2.05) is 0 Å². The highest BCUT2D eigenvalue weighted by Crippen LogP contribution is 2.27. The van der Waals surface area contributed by atoms with E-state index < -0.39 is 5.97 Å². The SMILES string of the molecule is COc1ccc(/C=C/C(=O)OCc2cc(=O)n3ccsc3n2)cc1OC. The Morgan fingerprint density at radius 3 is 2.81 bits per heavy atom. The number of methoxy groups -OCH3 is 2. The molecule has 0 radical (unpaired) electrons. The molecule has 2 heterocycles. The standard InChI is InChI=1S/C18H16N2O5S/c1-23-14-5-3-12(9-15(14)24-2)4-6-17(22)25-11-13-10-16(21)20-7-8-26-18(20)19-13/h3-10H,11H2,1-2H3/b6-4+. The van der Waals surface area contributed by atoms with Crippen LogP contribution in [0.3, 0.4) is 0 Å². The quantitative estimate of drug-likeness (QED) is 0.489. The molecule has 3 rings (SSSR count). The third kappa shape index (κ3) is 3.92. The Hall–Kier alpha value is -3.13. The van der Waals surface area contributed by atoms with Gasteiger partial charge in [-0.25, -0.2) is 9.78 Å². The number of hydrogen-bond acceptors (Lipinski definition) is 7. The predicted molar refractivity (Wildman–Crippen MR) is 97.7 cm³/mol. The van der Waals surface area contributed by atoms with Crippen LogP contribution < -0.4 is 15.0 Å². The molecule has 8 heteroatoms. The van der Waals surface area contributed by atoms with Crippen molar-refractivity contribution >= 4 is 28.3 Å². The van der Waals surface area contributed by atoms with E-state index in [2.05, 4.69) is 4.98 Å². The first kappa shape index (κ1) is 17.7. The molecule has 2 aromatic heterocycles. The van der Waals surface area contributed by atoms with Crippen LogP contribution in [0.15, 0.2) is 46.7 Å². The third-order valence-electron chi connectivity index (χ3n) is 3.54. The van der Waals surface area contributed by atoms with Crippen molar-refractivity contribution in [2.75, 3.05) is 14.2 Å². The van der Waals surface area contributed by atoms with Crippen LogP contribution in [0.25, 0.3) is 11.0 Å². The van der Waals surface area contributed by atoms with Gasteiger partial charge in [0.15, 0.2) is 16.5 Å². The van der Waals surface area contributed by atoms with Crippen LogP contribution in [0.1, 0.15) is 11.3 Å². The van der Waals surface area contributed by atoms with Crippen molar-refractivity contribution in [2.45, 2.75) is 6.61 Å². The smallest absolute Gasteiger partial charge is 0.331 e. The molecule has 0 aliphatic carbocycles. The van der Waals surface area contributed by atoms with Gasteiger partial charge in [0.25, 0.3) is 5.56 Å². The lowest BCUT2D eigenvalue weighted by Gasteiger charge is -2.07. The van der Waals surface area contributed by atoms with Gasteiger partial charge in [0.1, 0.15) is 6.61 Å². The van der Waals surface area contributed by atoms with E-state index >= 15 is 0 Å². The van der Waals surface area contributed by atoms with E-state index in [9.17, 15) is 9.59 Å². The summed E-state index contributed by atoms with van der Waals surface area (Å²) in [4.78, 5) is 28.6. The van der Waals surface area contributed by atoms with Crippen LogP contribution in [-0.2, 0) is 16.1 Å². The zero-order valence-corrected chi connectivity index (χ0v) is 15.0. The van der Waals surface area contributed by atoms with Gasteiger partial charge in [0.05, 0.1) is 19.9 Å². The first-order chi connectivity index (χ1) is 12.6. The Balaban J connectivity index is 1.64. The van der Waals surface area contributed by atoms with Crippen LogP contribution >= 0.6 is 11.3 Å². The normalized spacial score (nSPS) is 11.0. The van der Waals surface area contributed by atoms with Gasteiger partial charge in [-0.15, -0.1) is 11.3 Å². The van der Waals surface area contributed by atoms with E-state index in [4.69, 9.17) is 14.2 Å². The average Bonchev–Trinajstić information content (AvgIpc) is 3.13. The third-order valence-corrected chi connectivity index (χ3v) is 4.29. The number of rotatable bonds is 6. The fourth-order valence-electron chi connectivity index (χ4n) is 2.28. The maximum atomic E-state index is 11.9. The molecule has 0 saturated carbocycles. The molecule has 0 unspecified atom stereocenters. The Labute approximate surface area is 153 Å². The molecule has 0 amide bonds. The topological polar surface area (TPSA) is 79.1 Å². The molecule has 7 nitrogen and oxygen atoms in total. The summed E-state index contributed by atoms with van der Waals surface area (Å²) >= 11 is 1.34. The van der Waals surface area contributed by atoms with E-state index in [-0.39, 0.29) is 12.2 Å². The lowest BCUT2D eigenvalue weighted by Crippen LogP contribution is -2.14. The molecule has 134 valence electrons. The highest BCUT2D eigenvalue weighted by Gasteiger charge is 2.06. The average molecular weight is 372 g/mol. The number of fused-ring (bicyclic) bond motifs is 1. The molecule has 0 saturated heterocycles. The highest BCUT2D eigenvalue weighted by molar-refractivity contribution is 7.15. The van der Waals surface area contributed by atoms with E-state index in [1.54, 1.807) is 50.1 Å². The lowest BCUT2D eigenvalue weighted by atomic mass is 10.2. The first-order valence-corrected chi connectivity index (χ1v) is 8.51. The van der Waals surface area contributed by atoms with Crippen molar-refractivity contribution in [3.05, 3.63) is 63.5 Å². The van der Waals surface area contributed by atoms with Gasteiger partial charge in [-0.05, 0) is 23.8 Å². The number of carbonyl (C=O) groups excluding carboxylic acids is 1.